The first-order valence-electron chi connectivity index (χ1n) is 9.78. The molecule has 0 spiro atoms. The highest BCUT2D eigenvalue weighted by atomic mass is 32.2. The summed E-state index contributed by atoms with van der Waals surface area (Å²) in [5, 5.41) is -0.498. The average molecular weight is 442 g/mol. The van der Waals surface area contributed by atoms with Crippen molar-refractivity contribution in [3.05, 3.63) is 65.1 Å². The van der Waals surface area contributed by atoms with E-state index in [4.69, 9.17) is 14.2 Å². The number of thioether (sulfide) groups is 1. The van der Waals surface area contributed by atoms with E-state index in [1.807, 2.05) is 30.3 Å². The van der Waals surface area contributed by atoms with Gasteiger partial charge in [0.05, 0.1) is 11.0 Å². The maximum Gasteiger partial charge on any atom is 0.326 e. The van der Waals surface area contributed by atoms with Gasteiger partial charge in [-0.1, -0.05) is 30.3 Å². The predicted octanol–water partition coefficient (Wildman–Crippen LogP) is 4.13. The third-order valence-corrected chi connectivity index (χ3v) is 4.96. The number of hydrogen-bond donors (Lipinski definition) is 0. The van der Waals surface area contributed by atoms with Crippen LogP contribution in [0.3, 0.4) is 0 Å². The maximum atomic E-state index is 12.5. The highest BCUT2D eigenvalue weighted by molar-refractivity contribution is 8.18. The molecule has 3 rings (SSSR count). The number of ether oxygens (including phenoxy) is 3. The number of imide groups is 1. The topological polar surface area (TPSA) is 82.1 Å². The average Bonchev–Trinajstić information content (AvgIpc) is 2.99. The van der Waals surface area contributed by atoms with Crippen molar-refractivity contribution in [1.82, 2.24) is 4.90 Å². The standard InChI is InChI=1S/C23H23NO6S/c1-16(2)30-21(25)15-24-22(26)20(31-23(24)27)14-17-7-6-10-19(13-17)29-12-11-28-18-8-4-3-5-9-18/h3-10,13-14,16H,11-12,15H2,1-2H3/b20-14-. The molecule has 2 amide bonds. The number of nitrogens with zero attached hydrogens (tertiary/aromatic N) is 1. The Bertz CT molecular complexity index is 973. The largest absolute Gasteiger partial charge is 0.490 e. The van der Waals surface area contributed by atoms with E-state index in [0.29, 0.717) is 24.5 Å². The molecule has 2 aromatic rings. The summed E-state index contributed by atoms with van der Waals surface area (Å²) in [6, 6.07) is 16.6. The van der Waals surface area contributed by atoms with Crippen LogP contribution in [0.25, 0.3) is 6.08 Å². The SMILES string of the molecule is CC(C)OC(=O)CN1C(=O)S/C(=C\c2cccc(OCCOc3ccccc3)c2)C1=O. The van der Waals surface area contributed by atoms with Gasteiger partial charge in [0.1, 0.15) is 31.3 Å². The monoisotopic (exact) mass is 441 g/mol. The molecule has 2 aromatic carbocycles. The van der Waals surface area contributed by atoms with E-state index in [2.05, 4.69) is 0 Å². The Morgan fingerprint density at radius 3 is 2.39 bits per heavy atom. The van der Waals surface area contributed by atoms with Gasteiger partial charge in [-0.25, -0.2) is 0 Å². The number of hydrogen-bond acceptors (Lipinski definition) is 7. The summed E-state index contributed by atoms with van der Waals surface area (Å²) in [5.74, 6) is 0.253. The molecule has 0 aliphatic carbocycles. The Balaban J connectivity index is 1.57. The normalized spacial score (nSPS) is 14.9. The van der Waals surface area contributed by atoms with Gasteiger partial charge in [0, 0.05) is 0 Å². The zero-order valence-electron chi connectivity index (χ0n) is 17.3. The van der Waals surface area contributed by atoms with Gasteiger partial charge < -0.3 is 14.2 Å². The van der Waals surface area contributed by atoms with Crippen LogP contribution in [0.5, 0.6) is 11.5 Å². The number of para-hydroxylation sites is 1. The second-order valence-electron chi connectivity index (χ2n) is 6.89. The van der Waals surface area contributed by atoms with Crippen molar-refractivity contribution in [3.8, 4) is 11.5 Å². The first-order chi connectivity index (χ1) is 14.9. The second kappa shape index (κ2) is 10.7. The molecule has 31 heavy (non-hydrogen) atoms. The number of carbonyl (C=O) groups excluding carboxylic acids is 3. The van der Waals surface area contributed by atoms with Crippen LogP contribution in [-0.2, 0) is 14.3 Å². The number of carbonyl (C=O) groups is 3. The number of rotatable bonds is 9. The molecule has 0 bridgehead atoms. The van der Waals surface area contributed by atoms with Crippen LogP contribution in [0, 0.1) is 0 Å². The Hall–Kier alpha value is -3.26. The fourth-order valence-electron chi connectivity index (χ4n) is 2.75. The lowest BCUT2D eigenvalue weighted by molar-refractivity contribution is -0.149. The molecule has 1 aliphatic rings. The minimum absolute atomic E-state index is 0.243. The molecule has 8 heteroatoms. The van der Waals surface area contributed by atoms with E-state index in [1.165, 1.54) is 0 Å². The van der Waals surface area contributed by atoms with Crippen LogP contribution < -0.4 is 9.47 Å². The molecule has 0 radical (unpaired) electrons. The van der Waals surface area contributed by atoms with Crippen molar-refractivity contribution >= 4 is 35.0 Å². The van der Waals surface area contributed by atoms with E-state index < -0.39 is 23.7 Å². The van der Waals surface area contributed by atoms with Gasteiger partial charge >= 0.3 is 5.97 Å². The van der Waals surface area contributed by atoms with Crippen LogP contribution in [0.2, 0.25) is 0 Å². The number of benzene rings is 2. The summed E-state index contributed by atoms with van der Waals surface area (Å²) in [5.41, 5.74) is 0.705. The molecular weight excluding hydrogens is 418 g/mol. The Labute approximate surface area is 185 Å². The molecule has 0 unspecified atom stereocenters. The summed E-state index contributed by atoms with van der Waals surface area (Å²) in [4.78, 5) is 37.6. The van der Waals surface area contributed by atoms with Crippen molar-refractivity contribution in [2.24, 2.45) is 0 Å². The van der Waals surface area contributed by atoms with Crippen molar-refractivity contribution in [2.45, 2.75) is 20.0 Å². The van der Waals surface area contributed by atoms with Crippen molar-refractivity contribution in [2.75, 3.05) is 19.8 Å². The van der Waals surface area contributed by atoms with Crippen molar-refractivity contribution in [3.63, 3.8) is 0 Å². The van der Waals surface area contributed by atoms with E-state index in [0.717, 1.165) is 22.4 Å². The summed E-state index contributed by atoms with van der Waals surface area (Å²) in [7, 11) is 0. The molecule has 1 heterocycles. The van der Waals surface area contributed by atoms with E-state index in [-0.39, 0.29) is 11.0 Å². The summed E-state index contributed by atoms with van der Waals surface area (Å²) in [6.07, 6.45) is 1.29. The van der Waals surface area contributed by atoms with Crippen LogP contribution in [0.4, 0.5) is 4.79 Å². The molecular formula is C23H23NO6S. The van der Waals surface area contributed by atoms with E-state index in [9.17, 15) is 14.4 Å². The van der Waals surface area contributed by atoms with Crippen LogP contribution in [-0.4, -0.2) is 47.9 Å². The third kappa shape index (κ3) is 6.62. The van der Waals surface area contributed by atoms with Crippen molar-refractivity contribution in [1.29, 1.82) is 0 Å². The van der Waals surface area contributed by atoms with Gasteiger partial charge in [0.15, 0.2) is 0 Å². The lowest BCUT2D eigenvalue weighted by Crippen LogP contribution is -2.35. The predicted molar refractivity (Wildman–Crippen MR) is 118 cm³/mol. The van der Waals surface area contributed by atoms with Crippen LogP contribution in [0.1, 0.15) is 19.4 Å². The van der Waals surface area contributed by atoms with Gasteiger partial charge in [-0.2, -0.15) is 0 Å². The molecule has 162 valence electrons. The molecule has 1 fully saturated rings. The smallest absolute Gasteiger partial charge is 0.326 e. The zero-order valence-corrected chi connectivity index (χ0v) is 18.1. The van der Waals surface area contributed by atoms with Crippen molar-refractivity contribution < 1.29 is 28.6 Å². The minimum atomic E-state index is -0.619. The van der Waals surface area contributed by atoms with E-state index >= 15 is 0 Å². The van der Waals surface area contributed by atoms with E-state index in [1.54, 1.807) is 44.2 Å². The molecule has 1 aliphatic heterocycles. The molecule has 0 aromatic heterocycles. The number of esters is 1. The summed E-state index contributed by atoms with van der Waals surface area (Å²) >= 11 is 0.792. The van der Waals surface area contributed by atoms with Crippen LogP contribution >= 0.6 is 11.8 Å². The molecule has 7 nitrogen and oxygen atoms in total. The first-order valence-corrected chi connectivity index (χ1v) is 10.6. The zero-order chi connectivity index (χ0) is 22.2. The minimum Gasteiger partial charge on any atom is -0.490 e. The van der Waals surface area contributed by atoms with Gasteiger partial charge in [-0.3, -0.25) is 19.3 Å². The first kappa shape index (κ1) is 22.4. The Kier molecular flexibility index (Phi) is 7.72. The molecule has 0 saturated carbocycles. The Morgan fingerprint density at radius 1 is 1.00 bits per heavy atom. The number of amides is 2. The highest BCUT2D eigenvalue weighted by Gasteiger charge is 2.36. The molecule has 0 atom stereocenters. The fourth-order valence-corrected chi connectivity index (χ4v) is 3.59. The second-order valence-corrected chi connectivity index (χ2v) is 7.88. The van der Waals surface area contributed by atoms with Gasteiger partial charge in [0.25, 0.3) is 11.1 Å². The van der Waals surface area contributed by atoms with Gasteiger partial charge in [-0.15, -0.1) is 0 Å². The van der Waals surface area contributed by atoms with Crippen LogP contribution in [0.15, 0.2) is 59.5 Å². The highest BCUT2D eigenvalue weighted by Crippen LogP contribution is 2.32. The quantitative estimate of drug-likeness (QED) is 0.329. The molecule has 0 N–H and O–H groups in total. The fraction of sp³-hybridized carbons (Fsp3) is 0.261. The third-order valence-electron chi connectivity index (χ3n) is 4.05. The summed E-state index contributed by atoms with van der Waals surface area (Å²) < 4.78 is 16.3. The molecule has 1 saturated heterocycles. The van der Waals surface area contributed by atoms with Gasteiger partial charge in [0.2, 0.25) is 0 Å². The lowest BCUT2D eigenvalue weighted by atomic mass is 10.2. The maximum absolute atomic E-state index is 12.5. The summed E-state index contributed by atoms with van der Waals surface area (Å²) in [6.45, 7) is 3.75. The van der Waals surface area contributed by atoms with Gasteiger partial charge in [-0.05, 0) is 61.5 Å². The Morgan fingerprint density at radius 2 is 1.68 bits per heavy atom. The lowest BCUT2D eigenvalue weighted by Gasteiger charge is -2.13.